The van der Waals surface area contributed by atoms with E-state index in [0.717, 1.165) is 37.2 Å². The summed E-state index contributed by atoms with van der Waals surface area (Å²) in [4.78, 5) is 14.4. The minimum absolute atomic E-state index is 0.0825. The number of carbonyl (C=O) groups is 1. The number of carbonyl (C=O) groups excluding carboxylic acids is 1. The molecule has 116 valence electrons. The maximum atomic E-state index is 12.0. The van der Waals surface area contributed by atoms with Crippen molar-refractivity contribution in [2.24, 2.45) is 0 Å². The molecule has 1 aromatic rings. The number of rotatable bonds is 6. The second-order valence-electron chi connectivity index (χ2n) is 5.07. The van der Waals surface area contributed by atoms with Gasteiger partial charge in [0.25, 0.3) is 5.91 Å². The van der Waals surface area contributed by atoms with E-state index in [1.165, 1.54) is 0 Å². The van der Waals surface area contributed by atoms with Crippen molar-refractivity contribution in [3.05, 3.63) is 28.7 Å². The maximum Gasteiger partial charge on any atom is 0.260 e. The Bertz CT molecular complexity index is 464. The monoisotopic (exact) mass is 355 g/mol. The van der Waals surface area contributed by atoms with E-state index in [0.29, 0.717) is 12.3 Å². The Morgan fingerprint density at radius 3 is 2.86 bits per heavy atom. The van der Waals surface area contributed by atoms with Gasteiger partial charge in [-0.05, 0) is 35.0 Å². The van der Waals surface area contributed by atoms with E-state index >= 15 is 0 Å². The fourth-order valence-corrected chi connectivity index (χ4v) is 2.58. The quantitative estimate of drug-likeness (QED) is 0.805. The average Bonchev–Trinajstić information content (AvgIpc) is 2.50. The first kappa shape index (κ1) is 16.3. The SMILES string of the molecule is CC(Oc1ccccc1Br)C(=O)NCCN1CCNCC1. The molecule has 2 N–H and O–H groups in total. The molecule has 1 saturated heterocycles. The van der Waals surface area contributed by atoms with E-state index < -0.39 is 6.10 Å². The number of ether oxygens (including phenoxy) is 1. The first-order valence-corrected chi connectivity index (χ1v) is 8.08. The summed E-state index contributed by atoms with van der Waals surface area (Å²) in [5.41, 5.74) is 0. The van der Waals surface area contributed by atoms with Gasteiger partial charge in [-0.2, -0.15) is 0 Å². The zero-order chi connectivity index (χ0) is 15.1. The number of halogens is 1. The average molecular weight is 356 g/mol. The summed E-state index contributed by atoms with van der Waals surface area (Å²) in [6.45, 7) is 7.43. The minimum Gasteiger partial charge on any atom is -0.480 e. The van der Waals surface area contributed by atoms with E-state index in [1.54, 1.807) is 6.92 Å². The van der Waals surface area contributed by atoms with Crippen LogP contribution in [0, 0.1) is 0 Å². The van der Waals surface area contributed by atoms with Crippen molar-refractivity contribution in [1.82, 2.24) is 15.5 Å². The molecule has 1 atom stereocenters. The van der Waals surface area contributed by atoms with Crippen LogP contribution in [0.2, 0.25) is 0 Å². The molecule has 1 heterocycles. The summed E-state index contributed by atoms with van der Waals surface area (Å²) in [5, 5.41) is 6.24. The molecule has 21 heavy (non-hydrogen) atoms. The summed E-state index contributed by atoms with van der Waals surface area (Å²) in [5.74, 6) is 0.600. The highest BCUT2D eigenvalue weighted by Crippen LogP contribution is 2.24. The Balaban J connectivity index is 1.71. The fourth-order valence-electron chi connectivity index (χ4n) is 2.20. The number of benzene rings is 1. The van der Waals surface area contributed by atoms with Gasteiger partial charge in [0.2, 0.25) is 0 Å². The predicted molar refractivity (Wildman–Crippen MR) is 86.6 cm³/mol. The van der Waals surface area contributed by atoms with Crippen LogP contribution in [0.4, 0.5) is 0 Å². The van der Waals surface area contributed by atoms with Gasteiger partial charge >= 0.3 is 0 Å². The van der Waals surface area contributed by atoms with Crippen LogP contribution in [-0.4, -0.2) is 56.2 Å². The van der Waals surface area contributed by atoms with Gasteiger partial charge in [0.05, 0.1) is 4.47 Å². The van der Waals surface area contributed by atoms with Gasteiger partial charge in [0.15, 0.2) is 6.10 Å². The van der Waals surface area contributed by atoms with Crippen LogP contribution in [0.5, 0.6) is 5.75 Å². The Hall–Kier alpha value is -1.11. The minimum atomic E-state index is -0.508. The molecule has 1 aliphatic rings. The first-order valence-electron chi connectivity index (χ1n) is 7.29. The Morgan fingerprint density at radius 1 is 1.43 bits per heavy atom. The van der Waals surface area contributed by atoms with Crippen LogP contribution < -0.4 is 15.4 Å². The molecule has 0 spiro atoms. The number of amides is 1. The summed E-state index contributed by atoms with van der Waals surface area (Å²) < 4.78 is 6.52. The standard InChI is InChI=1S/C15H22BrN3O2/c1-12(21-14-5-3-2-4-13(14)16)15(20)18-8-11-19-9-6-17-7-10-19/h2-5,12,17H,6-11H2,1H3,(H,18,20). The van der Waals surface area contributed by atoms with Crippen molar-refractivity contribution in [2.75, 3.05) is 39.3 Å². The zero-order valence-corrected chi connectivity index (χ0v) is 13.9. The number of para-hydroxylation sites is 1. The van der Waals surface area contributed by atoms with Crippen LogP contribution in [-0.2, 0) is 4.79 Å². The van der Waals surface area contributed by atoms with Crippen molar-refractivity contribution in [2.45, 2.75) is 13.0 Å². The molecule has 0 aromatic heterocycles. The summed E-state index contributed by atoms with van der Waals surface area (Å²) in [6, 6.07) is 7.53. The van der Waals surface area contributed by atoms with Gasteiger partial charge in [0.1, 0.15) is 5.75 Å². The van der Waals surface area contributed by atoms with E-state index in [4.69, 9.17) is 4.74 Å². The second kappa shape index (κ2) is 8.36. The molecular formula is C15H22BrN3O2. The number of nitrogens with zero attached hydrogens (tertiary/aromatic N) is 1. The molecule has 1 unspecified atom stereocenters. The molecule has 0 radical (unpaired) electrons. The van der Waals surface area contributed by atoms with Crippen LogP contribution in [0.15, 0.2) is 28.7 Å². The molecule has 0 saturated carbocycles. The third kappa shape index (κ3) is 5.30. The van der Waals surface area contributed by atoms with Crippen molar-refractivity contribution < 1.29 is 9.53 Å². The molecule has 1 aliphatic heterocycles. The molecule has 2 rings (SSSR count). The second-order valence-corrected chi connectivity index (χ2v) is 5.93. The van der Waals surface area contributed by atoms with Gasteiger partial charge in [0, 0.05) is 39.3 Å². The van der Waals surface area contributed by atoms with Gasteiger partial charge < -0.3 is 15.4 Å². The van der Waals surface area contributed by atoms with Crippen molar-refractivity contribution >= 4 is 21.8 Å². The highest BCUT2D eigenvalue weighted by atomic mass is 79.9. The summed E-state index contributed by atoms with van der Waals surface area (Å²) >= 11 is 3.41. The highest BCUT2D eigenvalue weighted by molar-refractivity contribution is 9.10. The number of nitrogens with one attached hydrogen (secondary N) is 2. The lowest BCUT2D eigenvalue weighted by Crippen LogP contribution is -2.47. The van der Waals surface area contributed by atoms with Crippen molar-refractivity contribution in [3.8, 4) is 5.75 Å². The van der Waals surface area contributed by atoms with Crippen LogP contribution in [0.3, 0.4) is 0 Å². The van der Waals surface area contributed by atoms with Crippen LogP contribution >= 0.6 is 15.9 Å². The molecular weight excluding hydrogens is 334 g/mol. The molecule has 6 heteroatoms. The van der Waals surface area contributed by atoms with E-state index in [-0.39, 0.29) is 5.91 Å². The van der Waals surface area contributed by atoms with E-state index in [1.807, 2.05) is 24.3 Å². The fraction of sp³-hybridized carbons (Fsp3) is 0.533. The third-order valence-corrected chi connectivity index (χ3v) is 4.10. The topological polar surface area (TPSA) is 53.6 Å². The number of hydrogen-bond acceptors (Lipinski definition) is 4. The smallest absolute Gasteiger partial charge is 0.260 e. The molecule has 1 fully saturated rings. The Morgan fingerprint density at radius 2 is 2.14 bits per heavy atom. The summed E-state index contributed by atoms with van der Waals surface area (Å²) in [6.07, 6.45) is -0.508. The van der Waals surface area contributed by atoms with Crippen molar-refractivity contribution in [3.63, 3.8) is 0 Å². The Kier molecular flexibility index (Phi) is 6.48. The van der Waals surface area contributed by atoms with Gasteiger partial charge in [-0.25, -0.2) is 0 Å². The maximum absolute atomic E-state index is 12.0. The molecule has 1 amide bonds. The normalized spacial score (nSPS) is 17.2. The van der Waals surface area contributed by atoms with Crippen LogP contribution in [0.1, 0.15) is 6.92 Å². The predicted octanol–water partition coefficient (Wildman–Crippen LogP) is 1.24. The van der Waals surface area contributed by atoms with Gasteiger partial charge in [-0.3, -0.25) is 9.69 Å². The van der Waals surface area contributed by atoms with Crippen LogP contribution in [0.25, 0.3) is 0 Å². The molecule has 0 aliphatic carbocycles. The van der Waals surface area contributed by atoms with Crippen molar-refractivity contribution in [1.29, 1.82) is 0 Å². The lowest BCUT2D eigenvalue weighted by atomic mass is 10.3. The molecule has 0 bridgehead atoms. The lowest BCUT2D eigenvalue weighted by molar-refractivity contribution is -0.127. The largest absolute Gasteiger partial charge is 0.480 e. The van der Waals surface area contributed by atoms with E-state index in [2.05, 4.69) is 31.5 Å². The molecule has 1 aromatic carbocycles. The number of piperazine rings is 1. The highest BCUT2D eigenvalue weighted by Gasteiger charge is 2.16. The van der Waals surface area contributed by atoms with Gasteiger partial charge in [-0.1, -0.05) is 12.1 Å². The summed E-state index contributed by atoms with van der Waals surface area (Å²) in [7, 11) is 0. The number of hydrogen-bond donors (Lipinski definition) is 2. The molecule has 5 nitrogen and oxygen atoms in total. The van der Waals surface area contributed by atoms with Gasteiger partial charge in [-0.15, -0.1) is 0 Å². The third-order valence-electron chi connectivity index (χ3n) is 3.45. The Labute approximate surface area is 134 Å². The first-order chi connectivity index (χ1) is 10.2. The zero-order valence-electron chi connectivity index (χ0n) is 12.3. The lowest BCUT2D eigenvalue weighted by Gasteiger charge is -2.27. The van der Waals surface area contributed by atoms with E-state index in [9.17, 15) is 4.79 Å².